The Balaban J connectivity index is 1.95. The number of halogens is 1. The van der Waals surface area contributed by atoms with Crippen molar-refractivity contribution >= 4 is 33.6 Å². The second-order valence-electron chi connectivity index (χ2n) is 6.89. The normalized spacial score (nSPS) is 13.4. The smallest absolute Gasteiger partial charge is 0.269 e. The van der Waals surface area contributed by atoms with Crippen molar-refractivity contribution in [2.24, 2.45) is 0 Å². The van der Waals surface area contributed by atoms with Crippen molar-refractivity contribution < 1.29 is 4.39 Å². The number of nitrogens with one attached hydrogen (secondary N) is 2. The third kappa shape index (κ3) is 3.58. The minimum absolute atomic E-state index is 0.0389. The van der Waals surface area contributed by atoms with E-state index in [9.17, 15) is 9.18 Å². The molecule has 0 spiro atoms. The summed E-state index contributed by atoms with van der Waals surface area (Å²) in [5.41, 5.74) is 1.64. The Morgan fingerprint density at radius 1 is 1.29 bits per heavy atom. The largest absolute Gasteiger partial charge is 0.358 e. The van der Waals surface area contributed by atoms with Gasteiger partial charge in [0.1, 0.15) is 28.9 Å². The summed E-state index contributed by atoms with van der Waals surface area (Å²) in [6.07, 6.45) is 8.98. The van der Waals surface area contributed by atoms with Crippen molar-refractivity contribution in [1.82, 2.24) is 29.5 Å². The number of fused-ring (bicyclic) bond motifs is 2. The molecule has 0 aliphatic heterocycles. The molecule has 0 aliphatic carbocycles. The first-order valence-corrected chi connectivity index (χ1v) is 10.00. The van der Waals surface area contributed by atoms with Gasteiger partial charge in [0.15, 0.2) is 11.5 Å². The Hall–Kier alpha value is -3.88. The number of hydrogen-bond acceptors (Lipinski definition) is 6. The molecule has 0 fully saturated rings. The monoisotopic (exact) mass is 419 g/mol. The summed E-state index contributed by atoms with van der Waals surface area (Å²) in [5.74, 6) is 0.410. The molecule has 0 bridgehead atoms. The van der Waals surface area contributed by atoms with Crippen LogP contribution in [0.1, 0.15) is 39.1 Å². The number of H-pyrrole nitrogens is 1. The summed E-state index contributed by atoms with van der Waals surface area (Å²) in [6.45, 7) is 5.65. The van der Waals surface area contributed by atoms with Gasteiger partial charge >= 0.3 is 0 Å². The molecule has 3 aromatic heterocycles. The lowest BCUT2D eigenvalue weighted by molar-refractivity contribution is 0.631. The van der Waals surface area contributed by atoms with Gasteiger partial charge in [0.05, 0.1) is 17.9 Å². The Morgan fingerprint density at radius 3 is 2.87 bits per heavy atom. The topological polar surface area (TPSA) is 101 Å². The fourth-order valence-electron chi connectivity index (χ4n) is 3.55. The average Bonchev–Trinajstić information content (AvgIpc) is 3.26. The fourth-order valence-corrected chi connectivity index (χ4v) is 3.55. The number of aromatic amines is 1. The minimum Gasteiger partial charge on any atom is -0.358 e. The minimum atomic E-state index is -0.595. The van der Waals surface area contributed by atoms with Gasteiger partial charge in [-0.25, -0.2) is 24.3 Å². The zero-order valence-corrected chi connectivity index (χ0v) is 17.4. The molecule has 0 saturated carbocycles. The zero-order valence-electron chi connectivity index (χ0n) is 17.4. The second-order valence-corrected chi connectivity index (χ2v) is 6.89. The summed E-state index contributed by atoms with van der Waals surface area (Å²) >= 11 is 0. The molecule has 3 heterocycles. The van der Waals surface area contributed by atoms with E-state index in [1.165, 1.54) is 17.0 Å². The highest BCUT2D eigenvalue weighted by Crippen LogP contribution is 2.26. The van der Waals surface area contributed by atoms with Gasteiger partial charge < -0.3 is 10.3 Å². The van der Waals surface area contributed by atoms with Gasteiger partial charge in [0, 0.05) is 5.70 Å². The van der Waals surface area contributed by atoms with Gasteiger partial charge in [-0.15, -0.1) is 0 Å². The van der Waals surface area contributed by atoms with E-state index in [4.69, 9.17) is 4.98 Å². The zero-order chi connectivity index (χ0) is 22.0. The van der Waals surface area contributed by atoms with Gasteiger partial charge in [-0.1, -0.05) is 25.1 Å². The van der Waals surface area contributed by atoms with Gasteiger partial charge in [-0.2, -0.15) is 0 Å². The van der Waals surface area contributed by atoms with Crippen LogP contribution in [0.4, 0.5) is 10.2 Å². The standard InChI is InChI=1S/C22H22FN7O/c1-4-8-13(5-2)30-21(29-16-10-7-9-14(23)17(16)22(30)31)15(6-3)28-20-18-19(25-11-24-18)26-12-27-20/h4-5,7-12,15H,6H2,1-3H3,(H2,24,25,26,27,28). The third-order valence-electron chi connectivity index (χ3n) is 5.02. The van der Waals surface area contributed by atoms with Crippen molar-refractivity contribution in [3.63, 3.8) is 0 Å². The first-order valence-electron chi connectivity index (χ1n) is 10.00. The van der Waals surface area contributed by atoms with Crippen LogP contribution in [0, 0.1) is 5.82 Å². The molecule has 0 radical (unpaired) electrons. The van der Waals surface area contributed by atoms with Crippen LogP contribution in [0.3, 0.4) is 0 Å². The van der Waals surface area contributed by atoms with Crippen LogP contribution in [0.25, 0.3) is 27.8 Å². The maximum Gasteiger partial charge on any atom is 0.269 e. The number of benzene rings is 1. The Labute approximate surface area is 177 Å². The molecule has 0 aliphatic rings. The van der Waals surface area contributed by atoms with E-state index in [-0.39, 0.29) is 11.4 Å². The quantitative estimate of drug-likeness (QED) is 0.454. The third-order valence-corrected chi connectivity index (χ3v) is 5.02. The van der Waals surface area contributed by atoms with Crippen molar-refractivity contribution in [2.75, 3.05) is 5.32 Å². The van der Waals surface area contributed by atoms with Crippen LogP contribution >= 0.6 is 0 Å². The molecule has 8 nitrogen and oxygen atoms in total. The summed E-state index contributed by atoms with van der Waals surface area (Å²) in [5, 5.41) is 3.31. The first-order chi connectivity index (χ1) is 15.1. The maximum absolute atomic E-state index is 14.5. The lowest BCUT2D eigenvalue weighted by atomic mass is 10.1. The first kappa shape index (κ1) is 20.4. The number of nitrogens with zero attached hydrogens (tertiary/aromatic N) is 5. The van der Waals surface area contributed by atoms with Crippen LogP contribution in [0.15, 0.2) is 53.9 Å². The van der Waals surface area contributed by atoms with Crippen LogP contribution in [0.2, 0.25) is 0 Å². The Kier molecular flexibility index (Phi) is 5.57. The molecule has 158 valence electrons. The molecule has 1 unspecified atom stereocenters. The lowest BCUT2D eigenvalue weighted by Gasteiger charge is -2.22. The highest BCUT2D eigenvalue weighted by atomic mass is 19.1. The van der Waals surface area contributed by atoms with Crippen molar-refractivity contribution in [3.05, 3.63) is 71.1 Å². The summed E-state index contributed by atoms with van der Waals surface area (Å²) in [7, 11) is 0. The van der Waals surface area contributed by atoms with Crippen LogP contribution in [0.5, 0.6) is 0 Å². The highest BCUT2D eigenvalue weighted by Gasteiger charge is 2.23. The molecule has 2 N–H and O–H groups in total. The highest BCUT2D eigenvalue weighted by molar-refractivity contribution is 5.82. The summed E-state index contributed by atoms with van der Waals surface area (Å²) < 4.78 is 16.0. The molecule has 1 atom stereocenters. The number of aromatic nitrogens is 6. The summed E-state index contributed by atoms with van der Waals surface area (Å²) in [6, 6.07) is 4.07. The van der Waals surface area contributed by atoms with Crippen LogP contribution < -0.4 is 10.9 Å². The maximum atomic E-state index is 14.5. The SMILES string of the molecule is CC=CC(=CC)n1c(C(CC)Nc2ncnc3nc[nH]c23)nc2cccc(F)c2c1=O. The van der Waals surface area contributed by atoms with Gasteiger partial charge in [0.2, 0.25) is 0 Å². The number of anilines is 1. The molecule has 4 aromatic rings. The van der Waals surface area contributed by atoms with Crippen LogP contribution in [-0.4, -0.2) is 29.5 Å². The molecule has 4 rings (SSSR count). The fraction of sp³-hybridized carbons (Fsp3) is 0.227. The number of hydrogen-bond donors (Lipinski definition) is 2. The summed E-state index contributed by atoms with van der Waals surface area (Å²) in [4.78, 5) is 33.8. The number of rotatable bonds is 6. The number of allylic oxidation sites excluding steroid dienone is 4. The predicted octanol–water partition coefficient (Wildman–Crippen LogP) is 4.20. The van der Waals surface area contributed by atoms with Crippen LogP contribution in [-0.2, 0) is 0 Å². The number of imidazole rings is 1. The van der Waals surface area contributed by atoms with Crippen molar-refractivity contribution in [2.45, 2.75) is 33.2 Å². The van der Waals surface area contributed by atoms with Crippen molar-refractivity contribution in [3.8, 4) is 0 Å². The molecule has 1 aromatic carbocycles. The van der Waals surface area contributed by atoms with E-state index in [0.29, 0.717) is 40.4 Å². The van der Waals surface area contributed by atoms with Gasteiger partial charge in [-0.05, 0) is 38.5 Å². The van der Waals surface area contributed by atoms with Gasteiger partial charge in [-0.3, -0.25) is 9.36 Å². The molecule has 31 heavy (non-hydrogen) atoms. The second kappa shape index (κ2) is 8.47. The van der Waals surface area contributed by atoms with E-state index >= 15 is 0 Å². The molecule has 0 saturated heterocycles. The molecule has 9 heteroatoms. The molecule has 0 amide bonds. The van der Waals surface area contributed by atoms with E-state index in [0.717, 1.165) is 0 Å². The lowest BCUT2D eigenvalue weighted by Crippen LogP contribution is -2.29. The van der Waals surface area contributed by atoms with E-state index in [1.807, 2.05) is 26.8 Å². The van der Waals surface area contributed by atoms with E-state index < -0.39 is 11.4 Å². The Morgan fingerprint density at radius 2 is 2.13 bits per heavy atom. The van der Waals surface area contributed by atoms with Crippen molar-refractivity contribution in [1.29, 1.82) is 0 Å². The molecular formula is C22H22FN7O. The predicted molar refractivity (Wildman–Crippen MR) is 119 cm³/mol. The van der Waals surface area contributed by atoms with E-state index in [1.54, 1.807) is 30.6 Å². The molecular weight excluding hydrogens is 397 g/mol. The van der Waals surface area contributed by atoms with Gasteiger partial charge in [0.25, 0.3) is 5.56 Å². The Bertz CT molecular complexity index is 1370. The van der Waals surface area contributed by atoms with E-state index in [2.05, 4.69) is 25.3 Å². The average molecular weight is 419 g/mol.